The molecule has 0 bridgehead atoms. The van der Waals surface area contributed by atoms with E-state index in [0.717, 1.165) is 37.6 Å². The summed E-state index contributed by atoms with van der Waals surface area (Å²) in [7, 11) is 0. The van der Waals surface area contributed by atoms with E-state index in [-0.39, 0.29) is 5.56 Å². The van der Waals surface area contributed by atoms with Crippen molar-refractivity contribution in [2.24, 2.45) is 0 Å². The van der Waals surface area contributed by atoms with Gasteiger partial charge in [-0.3, -0.25) is 4.79 Å². The average molecular weight is 296 g/mol. The van der Waals surface area contributed by atoms with Crippen molar-refractivity contribution in [3.8, 4) is 11.1 Å². The van der Waals surface area contributed by atoms with E-state index in [0.29, 0.717) is 11.2 Å². The van der Waals surface area contributed by atoms with Gasteiger partial charge in [-0.15, -0.1) is 0 Å². The summed E-state index contributed by atoms with van der Waals surface area (Å²) in [6.45, 7) is 3.77. The quantitative estimate of drug-likeness (QED) is 0.720. The first-order valence-corrected chi connectivity index (χ1v) is 7.31. The molecule has 2 N–H and O–H groups in total. The van der Waals surface area contributed by atoms with Gasteiger partial charge in [0.05, 0.1) is 17.3 Å². The van der Waals surface area contributed by atoms with Crippen molar-refractivity contribution in [2.75, 3.05) is 31.1 Å². The molecule has 7 heteroatoms. The van der Waals surface area contributed by atoms with Crippen LogP contribution in [-0.4, -0.2) is 45.8 Å². The number of pyridine rings is 1. The Morgan fingerprint density at radius 1 is 1.14 bits per heavy atom. The number of aromatic amines is 1. The number of nitrogens with zero attached hydrogens (tertiary/aromatic N) is 4. The van der Waals surface area contributed by atoms with Gasteiger partial charge in [-0.25, -0.2) is 9.50 Å². The van der Waals surface area contributed by atoms with Crippen LogP contribution in [0.25, 0.3) is 16.8 Å². The second-order valence-corrected chi connectivity index (χ2v) is 5.26. The number of rotatable bonds is 2. The van der Waals surface area contributed by atoms with Crippen LogP contribution in [0.1, 0.15) is 0 Å². The number of fused-ring (bicyclic) bond motifs is 1. The number of aromatic nitrogens is 4. The molecule has 4 rings (SSSR count). The van der Waals surface area contributed by atoms with E-state index >= 15 is 0 Å². The lowest BCUT2D eigenvalue weighted by atomic mass is 10.1. The Kier molecular flexibility index (Phi) is 3.12. The van der Waals surface area contributed by atoms with Gasteiger partial charge in [0.2, 0.25) is 0 Å². The van der Waals surface area contributed by atoms with Crippen LogP contribution in [-0.2, 0) is 0 Å². The Morgan fingerprint density at radius 2 is 2.00 bits per heavy atom. The Morgan fingerprint density at radius 3 is 2.82 bits per heavy atom. The third kappa shape index (κ3) is 2.15. The number of nitrogens with one attached hydrogen (secondary N) is 2. The number of piperazine rings is 1. The summed E-state index contributed by atoms with van der Waals surface area (Å²) in [6, 6.07) is 5.56. The first-order chi connectivity index (χ1) is 10.8. The fraction of sp³-hybridized carbons (Fsp3) is 0.267. The topological polar surface area (TPSA) is 78.3 Å². The summed E-state index contributed by atoms with van der Waals surface area (Å²) >= 11 is 0. The second kappa shape index (κ2) is 5.27. The standard InChI is InChI=1S/C15H16N6O/c22-15-11(2-1-4-17-15)12-10-18-21-7-3-13(19-14(12)21)20-8-5-16-6-9-20/h1-4,7,10,16H,5-6,8-9H2,(H,17,22). The highest BCUT2D eigenvalue weighted by Gasteiger charge is 2.15. The first kappa shape index (κ1) is 13.0. The largest absolute Gasteiger partial charge is 0.354 e. The van der Waals surface area contributed by atoms with E-state index in [1.807, 2.05) is 12.3 Å². The second-order valence-electron chi connectivity index (χ2n) is 5.26. The van der Waals surface area contributed by atoms with Crippen molar-refractivity contribution in [3.63, 3.8) is 0 Å². The zero-order valence-electron chi connectivity index (χ0n) is 12.0. The SMILES string of the molecule is O=c1[nH]cccc1-c1cnn2ccc(N3CCNCC3)nc12. The minimum absolute atomic E-state index is 0.133. The summed E-state index contributed by atoms with van der Waals surface area (Å²) in [4.78, 5) is 21.7. The van der Waals surface area contributed by atoms with Crippen molar-refractivity contribution in [1.82, 2.24) is 24.9 Å². The normalized spacial score (nSPS) is 15.4. The van der Waals surface area contributed by atoms with Crippen LogP contribution in [0, 0.1) is 0 Å². The average Bonchev–Trinajstić information content (AvgIpc) is 2.99. The Hall–Kier alpha value is -2.67. The Labute approximate surface area is 126 Å². The lowest BCUT2D eigenvalue weighted by Crippen LogP contribution is -2.43. The summed E-state index contributed by atoms with van der Waals surface area (Å²) in [5.74, 6) is 0.920. The molecule has 0 spiro atoms. The zero-order chi connectivity index (χ0) is 14.9. The summed E-state index contributed by atoms with van der Waals surface area (Å²) in [5.41, 5.74) is 1.90. The molecule has 1 aliphatic rings. The van der Waals surface area contributed by atoms with Gasteiger partial charge in [0.1, 0.15) is 5.82 Å². The van der Waals surface area contributed by atoms with Crippen LogP contribution >= 0.6 is 0 Å². The minimum atomic E-state index is -0.133. The number of hydrogen-bond donors (Lipinski definition) is 2. The van der Waals surface area contributed by atoms with Crippen molar-refractivity contribution >= 4 is 11.5 Å². The molecule has 1 aliphatic heterocycles. The molecular formula is C15H16N6O. The maximum atomic E-state index is 12.0. The maximum Gasteiger partial charge on any atom is 0.256 e. The molecule has 1 fully saturated rings. The van der Waals surface area contributed by atoms with Crippen LogP contribution in [0.15, 0.2) is 41.6 Å². The molecule has 0 amide bonds. The number of anilines is 1. The Bertz CT molecular complexity index is 862. The van der Waals surface area contributed by atoms with Gasteiger partial charge in [-0.05, 0) is 18.2 Å². The van der Waals surface area contributed by atoms with Crippen molar-refractivity contribution in [3.05, 3.63) is 47.1 Å². The number of H-pyrrole nitrogens is 1. The van der Waals surface area contributed by atoms with Crippen LogP contribution in [0.2, 0.25) is 0 Å². The van der Waals surface area contributed by atoms with Crippen LogP contribution in [0.3, 0.4) is 0 Å². The monoisotopic (exact) mass is 296 g/mol. The van der Waals surface area contributed by atoms with E-state index < -0.39 is 0 Å². The molecule has 22 heavy (non-hydrogen) atoms. The van der Waals surface area contributed by atoms with E-state index in [4.69, 9.17) is 4.98 Å². The molecule has 0 aliphatic carbocycles. The lowest BCUT2D eigenvalue weighted by Gasteiger charge is -2.28. The summed E-state index contributed by atoms with van der Waals surface area (Å²) < 4.78 is 1.70. The third-order valence-electron chi connectivity index (χ3n) is 3.90. The zero-order valence-corrected chi connectivity index (χ0v) is 12.0. The molecular weight excluding hydrogens is 280 g/mol. The molecule has 112 valence electrons. The Balaban J connectivity index is 1.83. The summed E-state index contributed by atoms with van der Waals surface area (Å²) in [5, 5.41) is 7.62. The van der Waals surface area contributed by atoms with E-state index in [9.17, 15) is 4.79 Å². The van der Waals surface area contributed by atoms with Crippen molar-refractivity contribution < 1.29 is 0 Å². The maximum absolute atomic E-state index is 12.0. The van der Waals surface area contributed by atoms with Gasteiger partial charge >= 0.3 is 0 Å². The highest BCUT2D eigenvalue weighted by Crippen LogP contribution is 2.22. The van der Waals surface area contributed by atoms with Gasteiger partial charge in [-0.2, -0.15) is 5.10 Å². The van der Waals surface area contributed by atoms with E-state index in [1.165, 1.54) is 0 Å². The molecule has 4 heterocycles. The fourth-order valence-electron chi connectivity index (χ4n) is 2.75. The van der Waals surface area contributed by atoms with Crippen LogP contribution in [0.4, 0.5) is 5.82 Å². The van der Waals surface area contributed by atoms with Gasteiger partial charge in [0.25, 0.3) is 5.56 Å². The number of hydrogen-bond acceptors (Lipinski definition) is 5. The molecule has 3 aromatic rings. The third-order valence-corrected chi connectivity index (χ3v) is 3.90. The highest BCUT2D eigenvalue weighted by molar-refractivity contribution is 5.77. The molecule has 1 saturated heterocycles. The minimum Gasteiger partial charge on any atom is -0.354 e. The van der Waals surface area contributed by atoms with E-state index in [1.54, 1.807) is 29.0 Å². The van der Waals surface area contributed by atoms with E-state index in [2.05, 4.69) is 20.3 Å². The smallest absolute Gasteiger partial charge is 0.256 e. The predicted octanol–water partition coefficient (Wildman–Crippen LogP) is 0.494. The van der Waals surface area contributed by atoms with Crippen LogP contribution < -0.4 is 15.8 Å². The fourth-order valence-corrected chi connectivity index (χ4v) is 2.75. The highest BCUT2D eigenvalue weighted by atomic mass is 16.1. The van der Waals surface area contributed by atoms with Crippen molar-refractivity contribution in [2.45, 2.75) is 0 Å². The van der Waals surface area contributed by atoms with Gasteiger partial charge in [0.15, 0.2) is 5.65 Å². The predicted molar refractivity (Wildman–Crippen MR) is 84.1 cm³/mol. The van der Waals surface area contributed by atoms with Gasteiger partial charge in [-0.1, -0.05) is 0 Å². The van der Waals surface area contributed by atoms with Gasteiger partial charge < -0.3 is 15.2 Å². The molecule has 0 aromatic carbocycles. The molecule has 0 unspecified atom stereocenters. The first-order valence-electron chi connectivity index (χ1n) is 7.31. The molecule has 0 atom stereocenters. The molecule has 0 saturated carbocycles. The van der Waals surface area contributed by atoms with Crippen LogP contribution in [0.5, 0.6) is 0 Å². The van der Waals surface area contributed by atoms with Crippen molar-refractivity contribution in [1.29, 1.82) is 0 Å². The molecule has 3 aromatic heterocycles. The summed E-state index contributed by atoms with van der Waals surface area (Å²) in [6.07, 6.45) is 5.20. The molecule has 0 radical (unpaired) electrons. The molecule has 7 nitrogen and oxygen atoms in total. The van der Waals surface area contributed by atoms with Gasteiger partial charge in [0, 0.05) is 38.6 Å². The lowest BCUT2D eigenvalue weighted by molar-refractivity contribution is 0.585.